The molecule has 0 radical (unpaired) electrons. The van der Waals surface area contributed by atoms with Crippen molar-refractivity contribution in [1.29, 1.82) is 0 Å². The molecule has 0 N–H and O–H groups in total. The van der Waals surface area contributed by atoms with Gasteiger partial charge in [0.05, 0.1) is 19.0 Å². The van der Waals surface area contributed by atoms with E-state index in [4.69, 9.17) is 14.1 Å². The minimum Gasteiger partial charge on any atom is -0.455 e. The van der Waals surface area contributed by atoms with E-state index in [-0.39, 0.29) is 5.91 Å². The summed E-state index contributed by atoms with van der Waals surface area (Å²) in [6.07, 6.45) is 4.42. The number of hydrogen-bond donors (Lipinski definition) is 0. The van der Waals surface area contributed by atoms with Gasteiger partial charge in [0.2, 0.25) is 0 Å². The van der Waals surface area contributed by atoms with Crippen LogP contribution in [-0.2, 0) is 10.5 Å². The summed E-state index contributed by atoms with van der Waals surface area (Å²) in [6, 6.07) is 16.1. The SMILES string of the molecule is Cc1cc(N2CCN(C/C=C/c3ccccc3)CC2)nc(SCc2ccc(C(=O)N3CCOCC3)o2)n1. The normalized spacial score (nSPS) is 17.0. The number of anilines is 1. The minimum absolute atomic E-state index is 0.0802. The van der Waals surface area contributed by atoms with Gasteiger partial charge >= 0.3 is 0 Å². The van der Waals surface area contributed by atoms with Crippen molar-refractivity contribution in [2.75, 3.05) is 63.9 Å². The third kappa shape index (κ3) is 7.00. The van der Waals surface area contributed by atoms with Gasteiger partial charge in [-0.3, -0.25) is 9.69 Å². The van der Waals surface area contributed by atoms with Crippen LogP contribution in [0.2, 0.25) is 0 Å². The largest absolute Gasteiger partial charge is 0.455 e. The standard InChI is InChI=1S/C28H33N5O3S/c1-22-20-26(32-14-12-31(13-15-32)11-5-8-23-6-3-2-4-7-23)30-28(29-22)37-21-24-9-10-25(36-24)27(34)33-16-18-35-19-17-33/h2-10,20H,11-19,21H2,1H3/b8-5+. The van der Waals surface area contributed by atoms with E-state index in [0.29, 0.717) is 37.8 Å². The minimum atomic E-state index is -0.0802. The Hall–Kier alpha value is -3.14. The number of hydrogen-bond acceptors (Lipinski definition) is 8. The van der Waals surface area contributed by atoms with Crippen molar-refractivity contribution in [2.24, 2.45) is 0 Å². The molecule has 2 aliphatic heterocycles. The Kier molecular flexibility index (Phi) is 8.55. The van der Waals surface area contributed by atoms with Crippen LogP contribution in [0.5, 0.6) is 0 Å². The third-order valence-corrected chi connectivity index (χ3v) is 7.37. The predicted molar refractivity (Wildman–Crippen MR) is 146 cm³/mol. The number of morpholine rings is 1. The fourth-order valence-electron chi connectivity index (χ4n) is 4.44. The number of thioether (sulfide) groups is 1. The van der Waals surface area contributed by atoms with Crippen LogP contribution in [0.4, 0.5) is 5.82 Å². The lowest BCUT2D eigenvalue weighted by atomic mass is 10.2. The number of carbonyl (C=O) groups excluding carboxylic acids is 1. The fraction of sp³-hybridized carbons (Fsp3) is 0.393. The first-order valence-electron chi connectivity index (χ1n) is 12.8. The molecule has 0 saturated carbocycles. The molecule has 0 aliphatic carbocycles. The van der Waals surface area contributed by atoms with Crippen molar-refractivity contribution in [3.8, 4) is 0 Å². The second-order valence-corrected chi connectivity index (χ2v) is 10.2. The Labute approximate surface area is 222 Å². The molecule has 5 rings (SSSR count). The predicted octanol–water partition coefficient (Wildman–Crippen LogP) is 3.98. The second kappa shape index (κ2) is 12.4. The number of furan rings is 1. The molecule has 2 aliphatic rings. The second-order valence-electron chi connectivity index (χ2n) is 9.21. The summed E-state index contributed by atoms with van der Waals surface area (Å²) < 4.78 is 11.2. The van der Waals surface area contributed by atoms with Gasteiger partial charge in [0, 0.05) is 57.6 Å². The van der Waals surface area contributed by atoms with Crippen molar-refractivity contribution < 1.29 is 13.9 Å². The zero-order valence-electron chi connectivity index (χ0n) is 21.2. The van der Waals surface area contributed by atoms with Gasteiger partial charge in [0.15, 0.2) is 10.9 Å². The molecular weight excluding hydrogens is 486 g/mol. The summed E-state index contributed by atoms with van der Waals surface area (Å²) in [5, 5.41) is 0.723. The van der Waals surface area contributed by atoms with Crippen LogP contribution in [0.3, 0.4) is 0 Å². The maximum Gasteiger partial charge on any atom is 0.289 e. The highest BCUT2D eigenvalue weighted by atomic mass is 32.2. The molecule has 0 spiro atoms. The van der Waals surface area contributed by atoms with Gasteiger partial charge in [0.1, 0.15) is 11.6 Å². The Morgan fingerprint density at radius 2 is 1.78 bits per heavy atom. The van der Waals surface area contributed by atoms with Crippen molar-refractivity contribution in [1.82, 2.24) is 19.8 Å². The number of nitrogens with zero attached hydrogens (tertiary/aromatic N) is 5. The third-order valence-electron chi connectivity index (χ3n) is 6.50. The number of rotatable bonds is 8. The molecule has 1 aromatic carbocycles. The number of amides is 1. The van der Waals surface area contributed by atoms with Crippen LogP contribution in [-0.4, -0.2) is 84.7 Å². The summed E-state index contributed by atoms with van der Waals surface area (Å²) in [6.45, 7) is 9.16. The molecule has 194 valence electrons. The maximum absolute atomic E-state index is 12.6. The molecule has 37 heavy (non-hydrogen) atoms. The number of ether oxygens (including phenoxy) is 1. The average molecular weight is 520 g/mol. The lowest BCUT2D eigenvalue weighted by Gasteiger charge is -2.35. The van der Waals surface area contributed by atoms with Crippen molar-refractivity contribution >= 4 is 29.6 Å². The zero-order valence-corrected chi connectivity index (χ0v) is 22.0. The van der Waals surface area contributed by atoms with E-state index < -0.39 is 0 Å². The van der Waals surface area contributed by atoms with Crippen LogP contribution in [0, 0.1) is 6.92 Å². The first kappa shape index (κ1) is 25.5. The summed E-state index contributed by atoms with van der Waals surface area (Å²) in [4.78, 5) is 28.7. The molecule has 0 atom stereocenters. The van der Waals surface area contributed by atoms with Crippen LogP contribution < -0.4 is 4.90 Å². The molecule has 9 heteroatoms. The molecule has 0 bridgehead atoms. The van der Waals surface area contributed by atoms with Gasteiger partial charge in [-0.1, -0.05) is 54.2 Å². The first-order valence-corrected chi connectivity index (χ1v) is 13.8. The number of benzene rings is 1. The molecule has 2 aromatic heterocycles. The van der Waals surface area contributed by atoms with Gasteiger partial charge in [-0.15, -0.1) is 0 Å². The van der Waals surface area contributed by atoms with Crippen molar-refractivity contribution in [2.45, 2.75) is 17.8 Å². The number of aromatic nitrogens is 2. The van der Waals surface area contributed by atoms with Gasteiger partial charge in [-0.25, -0.2) is 9.97 Å². The van der Waals surface area contributed by atoms with Crippen LogP contribution in [0.15, 0.2) is 64.2 Å². The van der Waals surface area contributed by atoms with Gasteiger partial charge in [-0.05, 0) is 24.6 Å². The summed E-state index contributed by atoms with van der Waals surface area (Å²) >= 11 is 1.53. The monoisotopic (exact) mass is 519 g/mol. The summed E-state index contributed by atoms with van der Waals surface area (Å²) in [5.41, 5.74) is 2.18. The van der Waals surface area contributed by atoms with E-state index in [9.17, 15) is 4.79 Å². The van der Waals surface area contributed by atoms with Crippen molar-refractivity contribution in [3.05, 3.63) is 77.4 Å². The highest BCUT2D eigenvalue weighted by Gasteiger charge is 2.22. The van der Waals surface area contributed by atoms with Gasteiger partial charge < -0.3 is 19.0 Å². The number of piperazine rings is 1. The zero-order chi connectivity index (χ0) is 25.5. The Morgan fingerprint density at radius 3 is 2.57 bits per heavy atom. The van der Waals surface area contributed by atoms with Crippen LogP contribution in [0.1, 0.15) is 27.6 Å². The maximum atomic E-state index is 12.6. The topological polar surface area (TPSA) is 74.9 Å². The first-order chi connectivity index (χ1) is 18.1. The van der Waals surface area contributed by atoms with Crippen molar-refractivity contribution in [3.63, 3.8) is 0 Å². The lowest BCUT2D eigenvalue weighted by Crippen LogP contribution is -2.46. The molecule has 2 fully saturated rings. The molecule has 2 saturated heterocycles. The van der Waals surface area contributed by atoms with E-state index in [1.54, 1.807) is 11.0 Å². The van der Waals surface area contributed by atoms with Crippen LogP contribution in [0.25, 0.3) is 6.08 Å². The average Bonchev–Trinajstić information content (AvgIpc) is 3.42. The summed E-state index contributed by atoms with van der Waals surface area (Å²) in [7, 11) is 0. The Morgan fingerprint density at radius 1 is 1.00 bits per heavy atom. The van der Waals surface area contributed by atoms with E-state index in [1.807, 2.05) is 19.1 Å². The highest BCUT2D eigenvalue weighted by molar-refractivity contribution is 7.98. The molecule has 8 nitrogen and oxygen atoms in total. The van der Waals surface area contributed by atoms with E-state index >= 15 is 0 Å². The number of aryl methyl sites for hydroxylation is 1. The smallest absolute Gasteiger partial charge is 0.289 e. The van der Waals surface area contributed by atoms with E-state index in [1.165, 1.54) is 17.3 Å². The molecular formula is C28H33N5O3S. The number of carbonyl (C=O) groups is 1. The Bertz CT molecular complexity index is 1200. The summed E-state index contributed by atoms with van der Waals surface area (Å²) in [5.74, 6) is 2.58. The Balaban J connectivity index is 1.12. The molecule has 4 heterocycles. The molecule has 0 unspecified atom stereocenters. The highest BCUT2D eigenvalue weighted by Crippen LogP contribution is 2.25. The van der Waals surface area contributed by atoms with E-state index in [2.05, 4.69) is 57.3 Å². The lowest BCUT2D eigenvalue weighted by molar-refractivity contribution is 0.0282. The fourth-order valence-corrected chi connectivity index (χ4v) is 5.23. The van der Waals surface area contributed by atoms with Gasteiger partial charge in [-0.2, -0.15) is 0 Å². The quantitative estimate of drug-likeness (QED) is 0.327. The van der Waals surface area contributed by atoms with Gasteiger partial charge in [0.25, 0.3) is 5.91 Å². The molecule has 1 amide bonds. The van der Waals surface area contributed by atoms with Crippen LogP contribution >= 0.6 is 11.8 Å². The molecule has 3 aromatic rings. The van der Waals surface area contributed by atoms with E-state index in [0.717, 1.165) is 55.2 Å².